The minimum atomic E-state index is -1.00. The molecule has 2 unspecified atom stereocenters. The van der Waals surface area contributed by atoms with Crippen molar-refractivity contribution in [3.63, 3.8) is 0 Å². The molecule has 0 saturated carbocycles. The summed E-state index contributed by atoms with van der Waals surface area (Å²) in [5.41, 5.74) is 5.48. The summed E-state index contributed by atoms with van der Waals surface area (Å²) in [4.78, 5) is 36.3. The molecule has 4 N–H and O–H groups in total. The summed E-state index contributed by atoms with van der Waals surface area (Å²) >= 11 is 0. The lowest BCUT2D eigenvalue weighted by molar-refractivity contribution is -0.150. The van der Waals surface area contributed by atoms with Gasteiger partial charge < -0.3 is 20.9 Å². The number of esters is 1. The van der Waals surface area contributed by atoms with E-state index in [9.17, 15) is 19.5 Å². The van der Waals surface area contributed by atoms with Gasteiger partial charge in [-0.1, -0.05) is 147 Å². The number of carboxylic acids is 1. The second-order valence-electron chi connectivity index (χ2n) is 14.8. The van der Waals surface area contributed by atoms with Crippen LogP contribution in [0, 0.1) is 0 Å². The zero-order valence-electron chi connectivity index (χ0n) is 33.5. The molecule has 1 amide bonds. The van der Waals surface area contributed by atoms with Crippen LogP contribution in [0.2, 0.25) is 0 Å². The highest BCUT2D eigenvalue weighted by atomic mass is 16.5. The Labute approximate surface area is 314 Å². The van der Waals surface area contributed by atoms with Gasteiger partial charge in [0, 0.05) is 12.8 Å². The maximum Gasteiger partial charge on any atom is 0.326 e. The van der Waals surface area contributed by atoms with E-state index in [1.807, 2.05) is 0 Å². The van der Waals surface area contributed by atoms with E-state index in [4.69, 9.17) is 10.5 Å². The molecule has 0 aromatic carbocycles. The van der Waals surface area contributed by atoms with E-state index in [1.165, 1.54) is 103 Å². The first-order valence-corrected chi connectivity index (χ1v) is 21.7. The number of ether oxygens (including phenoxy) is 1. The Morgan fingerprint density at radius 1 is 0.569 bits per heavy atom. The van der Waals surface area contributed by atoms with Gasteiger partial charge in [0.15, 0.2) is 0 Å². The highest BCUT2D eigenvalue weighted by Crippen LogP contribution is 2.19. The lowest BCUT2D eigenvalue weighted by Gasteiger charge is -2.18. The number of aliphatic carboxylic acids is 1. The SMILES string of the molecule is CCCCCC/C=C\C/C=C\CCCCCCCC(=O)OC(CCCCCCCCCCC)CCCCCCCC(=O)NC(CCCN)C(=O)O. The quantitative estimate of drug-likeness (QED) is 0.0331. The second kappa shape index (κ2) is 39.1. The van der Waals surface area contributed by atoms with Crippen molar-refractivity contribution in [3.8, 4) is 0 Å². The summed E-state index contributed by atoms with van der Waals surface area (Å²) in [5.74, 6) is -1.24. The molecule has 51 heavy (non-hydrogen) atoms. The molecule has 2 atom stereocenters. The number of hydrogen-bond acceptors (Lipinski definition) is 5. The third-order valence-electron chi connectivity index (χ3n) is 9.77. The van der Waals surface area contributed by atoms with E-state index in [2.05, 4.69) is 43.5 Å². The minimum Gasteiger partial charge on any atom is -0.480 e. The van der Waals surface area contributed by atoms with Gasteiger partial charge in [-0.3, -0.25) is 9.59 Å². The Hall–Kier alpha value is -2.15. The number of hydrogen-bond donors (Lipinski definition) is 3. The van der Waals surface area contributed by atoms with Gasteiger partial charge in [-0.25, -0.2) is 4.79 Å². The zero-order chi connectivity index (χ0) is 37.5. The van der Waals surface area contributed by atoms with Crippen LogP contribution in [0.15, 0.2) is 24.3 Å². The number of carbonyl (C=O) groups is 3. The maximum absolute atomic E-state index is 12.8. The molecule has 298 valence electrons. The van der Waals surface area contributed by atoms with E-state index in [1.54, 1.807) is 0 Å². The Balaban J connectivity index is 4.26. The molecule has 0 bridgehead atoms. The highest BCUT2D eigenvalue weighted by Gasteiger charge is 2.19. The Bertz CT molecular complexity index is 858. The van der Waals surface area contributed by atoms with Crippen LogP contribution >= 0.6 is 0 Å². The Morgan fingerprint density at radius 3 is 1.53 bits per heavy atom. The topological polar surface area (TPSA) is 119 Å². The monoisotopic (exact) mass is 719 g/mol. The van der Waals surface area contributed by atoms with Crippen LogP contribution in [0.5, 0.6) is 0 Å². The van der Waals surface area contributed by atoms with Gasteiger partial charge >= 0.3 is 11.9 Å². The lowest BCUT2D eigenvalue weighted by atomic mass is 10.0. The molecule has 0 aromatic heterocycles. The summed E-state index contributed by atoms with van der Waals surface area (Å²) in [6.45, 7) is 4.92. The molecule has 0 saturated heterocycles. The number of carboxylic acid groups (broad SMARTS) is 1. The number of unbranched alkanes of at least 4 members (excludes halogenated alkanes) is 21. The minimum absolute atomic E-state index is 0.0111. The number of allylic oxidation sites excluding steroid dienone is 4. The predicted molar refractivity (Wildman–Crippen MR) is 216 cm³/mol. The summed E-state index contributed by atoms with van der Waals surface area (Å²) in [6.07, 6.45) is 43.6. The fraction of sp³-hybridized carbons (Fsp3) is 0.841. The number of carbonyl (C=O) groups excluding carboxylic acids is 2. The first-order chi connectivity index (χ1) is 24.9. The predicted octanol–water partition coefficient (Wildman–Crippen LogP) is 12.1. The molecule has 0 radical (unpaired) electrons. The van der Waals surface area contributed by atoms with E-state index >= 15 is 0 Å². The molecule has 7 heteroatoms. The zero-order valence-corrected chi connectivity index (χ0v) is 33.5. The fourth-order valence-electron chi connectivity index (χ4n) is 6.48. The molecule has 0 heterocycles. The van der Waals surface area contributed by atoms with Crippen molar-refractivity contribution < 1.29 is 24.2 Å². The van der Waals surface area contributed by atoms with Crippen molar-refractivity contribution in [2.75, 3.05) is 6.54 Å². The van der Waals surface area contributed by atoms with Crippen LogP contribution < -0.4 is 11.1 Å². The number of amides is 1. The summed E-state index contributed by atoms with van der Waals surface area (Å²) in [6, 6.07) is -0.855. The van der Waals surface area contributed by atoms with E-state index in [-0.39, 0.29) is 18.0 Å². The number of rotatable bonds is 39. The van der Waals surface area contributed by atoms with Crippen molar-refractivity contribution in [3.05, 3.63) is 24.3 Å². The molecule has 0 spiro atoms. The van der Waals surface area contributed by atoms with Crippen LogP contribution in [0.3, 0.4) is 0 Å². The average molecular weight is 719 g/mol. The van der Waals surface area contributed by atoms with Gasteiger partial charge in [0.1, 0.15) is 12.1 Å². The van der Waals surface area contributed by atoms with Crippen LogP contribution in [0.25, 0.3) is 0 Å². The van der Waals surface area contributed by atoms with Crippen molar-refractivity contribution in [1.82, 2.24) is 5.32 Å². The summed E-state index contributed by atoms with van der Waals surface area (Å²) < 4.78 is 6.03. The average Bonchev–Trinajstić information content (AvgIpc) is 3.11. The summed E-state index contributed by atoms with van der Waals surface area (Å²) in [7, 11) is 0. The molecule has 0 aliphatic heterocycles. The van der Waals surface area contributed by atoms with Crippen LogP contribution in [0.1, 0.15) is 219 Å². The Kier molecular flexibility index (Phi) is 37.4. The van der Waals surface area contributed by atoms with E-state index < -0.39 is 12.0 Å². The third kappa shape index (κ3) is 36.0. The van der Waals surface area contributed by atoms with Crippen molar-refractivity contribution in [2.45, 2.75) is 231 Å². The van der Waals surface area contributed by atoms with Gasteiger partial charge in [-0.2, -0.15) is 0 Å². The standard InChI is InChI=1S/C44H82N2O5/c1-3-5-7-9-11-13-14-15-16-17-18-19-21-23-28-32-38-43(48)51-40(34-29-25-22-20-12-10-8-6-4-2)35-30-26-24-27-31-37-42(47)46-41(44(49)50)36-33-39-45/h13-14,16-17,40-41H,3-12,15,18-39,45H2,1-2H3,(H,46,47)(H,49,50)/b14-13-,17-16-. The Morgan fingerprint density at radius 2 is 1.02 bits per heavy atom. The number of nitrogens with two attached hydrogens (primary N) is 1. The molecule has 7 nitrogen and oxygen atoms in total. The van der Waals surface area contributed by atoms with Crippen LogP contribution in [-0.2, 0) is 19.1 Å². The van der Waals surface area contributed by atoms with Gasteiger partial charge in [0.05, 0.1) is 0 Å². The van der Waals surface area contributed by atoms with E-state index in [0.29, 0.717) is 32.2 Å². The molecular formula is C44H82N2O5. The third-order valence-corrected chi connectivity index (χ3v) is 9.77. The van der Waals surface area contributed by atoms with E-state index in [0.717, 1.165) is 77.0 Å². The fourth-order valence-corrected chi connectivity index (χ4v) is 6.48. The normalized spacial score (nSPS) is 12.8. The van der Waals surface area contributed by atoms with Crippen LogP contribution in [-0.4, -0.2) is 41.6 Å². The largest absolute Gasteiger partial charge is 0.480 e. The van der Waals surface area contributed by atoms with Crippen molar-refractivity contribution in [2.24, 2.45) is 5.73 Å². The molecule has 0 aliphatic carbocycles. The highest BCUT2D eigenvalue weighted by molar-refractivity contribution is 5.83. The van der Waals surface area contributed by atoms with Gasteiger partial charge in [0.25, 0.3) is 0 Å². The number of nitrogens with one attached hydrogen (secondary N) is 1. The molecule has 0 fully saturated rings. The first-order valence-electron chi connectivity index (χ1n) is 21.7. The lowest BCUT2D eigenvalue weighted by Crippen LogP contribution is -2.40. The van der Waals surface area contributed by atoms with Crippen LogP contribution in [0.4, 0.5) is 0 Å². The smallest absolute Gasteiger partial charge is 0.326 e. The molecule has 0 aromatic rings. The van der Waals surface area contributed by atoms with Crippen molar-refractivity contribution >= 4 is 17.8 Å². The molecule has 0 rings (SSSR count). The van der Waals surface area contributed by atoms with Gasteiger partial charge in [0.2, 0.25) is 5.91 Å². The van der Waals surface area contributed by atoms with Gasteiger partial charge in [-0.05, 0) is 90.0 Å². The van der Waals surface area contributed by atoms with Crippen molar-refractivity contribution in [1.29, 1.82) is 0 Å². The first kappa shape index (κ1) is 48.9. The van der Waals surface area contributed by atoms with Gasteiger partial charge in [-0.15, -0.1) is 0 Å². The summed E-state index contributed by atoms with van der Waals surface area (Å²) in [5, 5.41) is 11.9. The molecular weight excluding hydrogens is 636 g/mol. The second-order valence-corrected chi connectivity index (χ2v) is 14.8. The molecule has 0 aliphatic rings. The maximum atomic E-state index is 12.8.